The van der Waals surface area contributed by atoms with E-state index in [9.17, 15) is 5.11 Å². The van der Waals surface area contributed by atoms with Crippen LogP contribution in [-0.2, 0) is 0 Å². The third-order valence-corrected chi connectivity index (χ3v) is 3.94. The predicted octanol–water partition coefficient (Wildman–Crippen LogP) is 1.38. The van der Waals surface area contributed by atoms with Crippen LogP contribution in [0.4, 0.5) is 0 Å². The highest BCUT2D eigenvalue weighted by molar-refractivity contribution is 4.92. The number of nitrogens with two attached hydrogens (primary N) is 1. The molecule has 0 heterocycles. The highest BCUT2D eigenvalue weighted by Gasteiger charge is 2.40. The number of rotatable bonds is 1. The maximum absolute atomic E-state index is 9.19. The maximum Gasteiger partial charge on any atom is 0.0464 e. The maximum atomic E-state index is 9.19. The molecule has 0 amide bonds. The van der Waals surface area contributed by atoms with Gasteiger partial charge in [0.25, 0.3) is 0 Å². The smallest absolute Gasteiger partial charge is 0.0464 e. The highest BCUT2D eigenvalue weighted by atomic mass is 16.3. The van der Waals surface area contributed by atoms with Crippen molar-refractivity contribution in [2.45, 2.75) is 39.7 Å². The van der Waals surface area contributed by atoms with Gasteiger partial charge in [-0.3, -0.25) is 0 Å². The molecule has 0 saturated heterocycles. The first kappa shape index (κ1) is 10.0. The van der Waals surface area contributed by atoms with Crippen LogP contribution in [0.2, 0.25) is 0 Å². The van der Waals surface area contributed by atoms with E-state index in [1.165, 1.54) is 0 Å². The van der Waals surface area contributed by atoms with Crippen LogP contribution in [0.3, 0.4) is 0 Å². The molecule has 3 N–H and O–H groups in total. The summed E-state index contributed by atoms with van der Waals surface area (Å²) >= 11 is 0. The standard InChI is InChI=1S/C10H21NO/c1-7-9(11)5-4-8(6-12)10(7,2)3/h7-9,12H,4-6,11H2,1-3H3/t7-,8-,9-/m1/s1. The zero-order chi connectivity index (χ0) is 9.35. The molecule has 1 rings (SSSR count). The van der Waals surface area contributed by atoms with E-state index >= 15 is 0 Å². The molecule has 3 atom stereocenters. The summed E-state index contributed by atoms with van der Waals surface area (Å²) in [5.41, 5.74) is 6.19. The van der Waals surface area contributed by atoms with E-state index in [1.807, 2.05) is 0 Å². The SMILES string of the molecule is C[C@@H]1[C@H](N)CC[C@H](CO)C1(C)C. The number of hydrogen-bond acceptors (Lipinski definition) is 2. The van der Waals surface area contributed by atoms with Crippen molar-refractivity contribution < 1.29 is 5.11 Å². The Morgan fingerprint density at radius 2 is 2.00 bits per heavy atom. The van der Waals surface area contributed by atoms with E-state index in [0.717, 1.165) is 12.8 Å². The Hall–Kier alpha value is -0.0800. The summed E-state index contributed by atoms with van der Waals surface area (Å²) in [6, 6.07) is 0.322. The van der Waals surface area contributed by atoms with Crippen LogP contribution in [-0.4, -0.2) is 17.8 Å². The molecular formula is C10H21NO. The molecule has 2 nitrogen and oxygen atoms in total. The summed E-state index contributed by atoms with van der Waals surface area (Å²) in [5.74, 6) is 0.954. The van der Waals surface area contributed by atoms with Crippen LogP contribution in [0, 0.1) is 17.3 Å². The van der Waals surface area contributed by atoms with Gasteiger partial charge in [-0.2, -0.15) is 0 Å². The van der Waals surface area contributed by atoms with E-state index < -0.39 is 0 Å². The van der Waals surface area contributed by atoms with Crippen molar-refractivity contribution >= 4 is 0 Å². The van der Waals surface area contributed by atoms with Gasteiger partial charge in [0, 0.05) is 12.6 Å². The van der Waals surface area contributed by atoms with Crippen molar-refractivity contribution in [2.75, 3.05) is 6.61 Å². The molecular weight excluding hydrogens is 150 g/mol. The Balaban J connectivity index is 2.73. The van der Waals surface area contributed by atoms with Gasteiger partial charge in [-0.1, -0.05) is 20.8 Å². The molecule has 0 radical (unpaired) electrons. The van der Waals surface area contributed by atoms with Gasteiger partial charge >= 0.3 is 0 Å². The molecule has 12 heavy (non-hydrogen) atoms. The second-order valence-electron chi connectivity index (χ2n) is 4.73. The minimum atomic E-state index is 0.201. The van der Waals surface area contributed by atoms with Crippen molar-refractivity contribution in [2.24, 2.45) is 23.0 Å². The van der Waals surface area contributed by atoms with Gasteiger partial charge in [-0.25, -0.2) is 0 Å². The van der Waals surface area contributed by atoms with Crippen molar-refractivity contribution in [3.63, 3.8) is 0 Å². The fraction of sp³-hybridized carbons (Fsp3) is 1.00. The molecule has 2 heteroatoms. The molecule has 72 valence electrons. The van der Waals surface area contributed by atoms with Crippen molar-refractivity contribution in [3.05, 3.63) is 0 Å². The van der Waals surface area contributed by atoms with E-state index in [-0.39, 0.29) is 5.41 Å². The molecule has 0 spiro atoms. The minimum absolute atomic E-state index is 0.201. The van der Waals surface area contributed by atoms with Crippen LogP contribution >= 0.6 is 0 Å². The van der Waals surface area contributed by atoms with Crippen LogP contribution < -0.4 is 5.73 Å². The molecule has 1 aliphatic rings. The quantitative estimate of drug-likeness (QED) is 0.626. The summed E-state index contributed by atoms with van der Waals surface area (Å²) in [4.78, 5) is 0. The van der Waals surface area contributed by atoms with Crippen LogP contribution in [0.15, 0.2) is 0 Å². The number of aliphatic hydroxyl groups is 1. The fourth-order valence-electron chi connectivity index (χ4n) is 2.27. The minimum Gasteiger partial charge on any atom is -0.396 e. The zero-order valence-corrected chi connectivity index (χ0v) is 8.38. The Morgan fingerprint density at radius 1 is 1.42 bits per heavy atom. The third kappa shape index (κ3) is 1.50. The lowest BCUT2D eigenvalue weighted by Crippen LogP contribution is -2.47. The lowest BCUT2D eigenvalue weighted by Gasteiger charge is -2.46. The molecule has 1 saturated carbocycles. The van der Waals surface area contributed by atoms with Gasteiger partial charge in [0.15, 0.2) is 0 Å². The van der Waals surface area contributed by atoms with Gasteiger partial charge in [0.05, 0.1) is 0 Å². The van der Waals surface area contributed by atoms with Crippen LogP contribution in [0.1, 0.15) is 33.6 Å². The summed E-state index contributed by atoms with van der Waals surface area (Å²) in [6.45, 7) is 6.95. The molecule has 1 aliphatic carbocycles. The first-order valence-corrected chi connectivity index (χ1v) is 4.86. The molecule has 0 aromatic rings. The number of hydrogen-bond donors (Lipinski definition) is 2. The van der Waals surface area contributed by atoms with Gasteiger partial charge < -0.3 is 10.8 Å². The lowest BCUT2D eigenvalue weighted by molar-refractivity contribution is 0.0168. The molecule has 0 aliphatic heterocycles. The Morgan fingerprint density at radius 3 is 2.50 bits per heavy atom. The predicted molar refractivity (Wildman–Crippen MR) is 50.7 cm³/mol. The zero-order valence-electron chi connectivity index (χ0n) is 8.38. The van der Waals surface area contributed by atoms with Crippen molar-refractivity contribution in [3.8, 4) is 0 Å². The average molecular weight is 171 g/mol. The first-order valence-electron chi connectivity index (χ1n) is 4.86. The Labute approximate surface area is 75.2 Å². The van der Waals surface area contributed by atoms with Gasteiger partial charge in [0.1, 0.15) is 0 Å². The molecule has 0 bridgehead atoms. The average Bonchev–Trinajstić information content (AvgIpc) is 2.01. The van der Waals surface area contributed by atoms with Crippen LogP contribution in [0.25, 0.3) is 0 Å². The van der Waals surface area contributed by atoms with Gasteiger partial charge in [-0.05, 0) is 30.1 Å². The van der Waals surface area contributed by atoms with Crippen LogP contribution in [0.5, 0.6) is 0 Å². The van der Waals surface area contributed by atoms with E-state index in [0.29, 0.717) is 24.5 Å². The summed E-state index contributed by atoms with van der Waals surface area (Å²) in [6.07, 6.45) is 2.14. The first-order chi connectivity index (χ1) is 5.50. The van der Waals surface area contributed by atoms with Gasteiger partial charge in [0.2, 0.25) is 0 Å². The molecule has 0 unspecified atom stereocenters. The molecule has 0 aromatic carbocycles. The number of aliphatic hydroxyl groups excluding tert-OH is 1. The Kier molecular flexibility index (Phi) is 2.79. The summed E-state index contributed by atoms with van der Waals surface area (Å²) in [7, 11) is 0. The fourth-order valence-corrected chi connectivity index (χ4v) is 2.27. The highest BCUT2D eigenvalue weighted by Crippen LogP contribution is 2.43. The Bertz CT molecular complexity index is 152. The van der Waals surface area contributed by atoms with Crippen molar-refractivity contribution in [1.82, 2.24) is 0 Å². The monoisotopic (exact) mass is 171 g/mol. The molecule has 0 aromatic heterocycles. The summed E-state index contributed by atoms with van der Waals surface area (Å²) < 4.78 is 0. The van der Waals surface area contributed by atoms with E-state index in [2.05, 4.69) is 20.8 Å². The molecule has 1 fully saturated rings. The van der Waals surface area contributed by atoms with E-state index in [1.54, 1.807) is 0 Å². The third-order valence-electron chi connectivity index (χ3n) is 3.94. The lowest BCUT2D eigenvalue weighted by atomic mass is 9.61. The topological polar surface area (TPSA) is 46.2 Å². The summed E-state index contributed by atoms with van der Waals surface area (Å²) in [5, 5.41) is 9.19. The van der Waals surface area contributed by atoms with Gasteiger partial charge in [-0.15, -0.1) is 0 Å². The second kappa shape index (κ2) is 3.35. The normalized spacial score (nSPS) is 41.2. The largest absolute Gasteiger partial charge is 0.396 e. The second-order valence-corrected chi connectivity index (χ2v) is 4.73. The van der Waals surface area contributed by atoms with E-state index in [4.69, 9.17) is 5.73 Å². The van der Waals surface area contributed by atoms with Crippen molar-refractivity contribution in [1.29, 1.82) is 0 Å².